The van der Waals surface area contributed by atoms with Gasteiger partial charge in [0.15, 0.2) is 5.69 Å². The van der Waals surface area contributed by atoms with Crippen molar-refractivity contribution in [2.75, 3.05) is 18.0 Å². The molecule has 39 heavy (non-hydrogen) atoms. The Morgan fingerprint density at radius 2 is 1.87 bits per heavy atom. The molecule has 2 aromatic heterocycles. The minimum atomic E-state index is -4.59. The first-order valence-corrected chi connectivity index (χ1v) is 14.1. The van der Waals surface area contributed by atoms with Gasteiger partial charge in [0.05, 0.1) is 22.9 Å². The van der Waals surface area contributed by atoms with Gasteiger partial charge in [0.25, 0.3) is 0 Å². The van der Waals surface area contributed by atoms with Gasteiger partial charge in [0.2, 0.25) is 0 Å². The second kappa shape index (κ2) is 11.1. The Hall–Kier alpha value is -3.21. The van der Waals surface area contributed by atoms with Crippen LogP contribution in [0.5, 0.6) is 0 Å². The zero-order valence-corrected chi connectivity index (χ0v) is 23.2. The molecule has 7 nitrogen and oxygen atoms in total. The zero-order chi connectivity index (χ0) is 27.7. The van der Waals surface area contributed by atoms with E-state index in [1.807, 2.05) is 6.07 Å². The molecule has 208 valence electrons. The van der Waals surface area contributed by atoms with E-state index in [1.54, 1.807) is 23.2 Å². The number of halogens is 3. The van der Waals surface area contributed by atoms with Crippen molar-refractivity contribution in [2.24, 2.45) is 5.16 Å². The number of aromatic nitrogens is 3. The molecule has 1 aromatic carbocycles. The number of hydrogen-bond donors (Lipinski definition) is 0. The standard InChI is InChI=1S/C28H32F3N5O2S/c1-17-6-4-7-18(2)21(17)16-38-34-22-8-5-9-23-24(22)32-27(39-23)20-10-12-35(13-11-20)25-19(3)36(14-15-37)33-26(25)28(29,30)31/h4,6-7,15,20H,5,8-14,16H2,1-3H3. The Morgan fingerprint density at radius 3 is 2.54 bits per heavy atom. The number of thiazole rings is 1. The van der Waals surface area contributed by atoms with Crippen LogP contribution in [0.2, 0.25) is 0 Å². The maximum Gasteiger partial charge on any atom is 0.437 e. The van der Waals surface area contributed by atoms with Gasteiger partial charge in [-0.15, -0.1) is 11.3 Å². The highest BCUT2D eigenvalue weighted by molar-refractivity contribution is 7.12. The van der Waals surface area contributed by atoms with Crippen LogP contribution in [0.4, 0.5) is 18.9 Å². The number of aldehydes is 1. The van der Waals surface area contributed by atoms with E-state index in [9.17, 15) is 18.0 Å². The van der Waals surface area contributed by atoms with Crippen LogP contribution in [-0.4, -0.2) is 39.9 Å². The maximum atomic E-state index is 13.8. The second-order valence-electron chi connectivity index (χ2n) is 10.2. The van der Waals surface area contributed by atoms with Crippen LogP contribution in [0.1, 0.15) is 75.3 Å². The normalized spacial score (nSPS) is 17.5. The van der Waals surface area contributed by atoms with Crippen LogP contribution in [0.15, 0.2) is 23.4 Å². The molecule has 11 heteroatoms. The lowest BCUT2D eigenvalue weighted by atomic mass is 9.96. The number of anilines is 1. The minimum absolute atomic E-state index is 0.0803. The number of carbonyl (C=O) groups is 1. The van der Waals surface area contributed by atoms with Crippen molar-refractivity contribution in [3.8, 4) is 0 Å². The number of rotatable bonds is 7. The summed E-state index contributed by atoms with van der Waals surface area (Å²) < 4.78 is 42.4. The average Bonchev–Trinajstić information content (AvgIpc) is 3.48. The lowest BCUT2D eigenvalue weighted by Crippen LogP contribution is -2.34. The number of oxime groups is 1. The molecule has 1 fully saturated rings. The molecule has 0 amide bonds. The van der Waals surface area contributed by atoms with Crippen LogP contribution in [0, 0.1) is 20.8 Å². The van der Waals surface area contributed by atoms with Crippen molar-refractivity contribution in [1.29, 1.82) is 0 Å². The molecule has 5 rings (SSSR count). The van der Waals surface area contributed by atoms with Crippen molar-refractivity contribution in [3.63, 3.8) is 0 Å². The Balaban J connectivity index is 1.29. The number of hydrogen-bond acceptors (Lipinski definition) is 7. The highest BCUT2D eigenvalue weighted by Crippen LogP contribution is 2.41. The molecule has 1 saturated heterocycles. The fraction of sp³-hybridized carbons (Fsp3) is 0.500. The quantitative estimate of drug-likeness (QED) is 0.258. The van der Waals surface area contributed by atoms with E-state index in [4.69, 9.17) is 9.82 Å². The summed E-state index contributed by atoms with van der Waals surface area (Å²) in [5.74, 6) is 0.174. The molecule has 0 N–H and O–H groups in total. The summed E-state index contributed by atoms with van der Waals surface area (Å²) in [4.78, 5) is 24.7. The highest BCUT2D eigenvalue weighted by atomic mass is 32.1. The number of benzene rings is 1. The maximum absolute atomic E-state index is 13.8. The smallest absolute Gasteiger partial charge is 0.391 e. The fourth-order valence-electron chi connectivity index (χ4n) is 5.52. The molecule has 0 unspecified atom stereocenters. The van der Waals surface area contributed by atoms with Crippen LogP contribution in [0.25, 0.3) is 0 Å². The summed E-state index contributed by atoms with van der Waals surface area (Å²) in [6.07, 6.45) is 0.108. The van der Waals surface area contributed by atoms with Gasteiger partial charge in [-0.05, 0) is 69.6 Å². The Bertz CT molecular complexity index is 1370. The summed E-state index contributed by atoms with van der Waals surface area (Å²) in [6.45, 7) is 6.86. The first-order chi connectivity index (χ1) is 18.7. The summed E-state index contributed by atoms with van der Waals surface area (Å²) in [5, 5.41) is 9.22. The summed E-state index contributed by atoms with van der Waals surface area (Å²) in [7, 11) is 0. The molecule has 1 aliphatic heterocycles. The average molecular weight is 560 g/mol. The van der Waals surface area contributed by atoms with Gasteiger partial charge < -0.3 is 14.5 Å². The molecule has 0 radical (unpaired) electrons. The number of piperidine rings is 1. The number of nitrogens with zero attached hydrogens (tertiary/aromatic N) is 5. The third kappa shape index (κ3) is 5.59. The van der Waals surface area contributed by atoms with Crippen LogP contribution in [0.3, 0.4) is 0 Å². The van der Waals surface area contributed by atoms with Crippen LogP contribution in [-0.2, 0) is 35.4 Å². The van der Waals surface area contributed by atoms with E-state index in [1.165, 1.54) is 16.0 Å². The monoisotopic (exact) mass is 559 g/mol. The Morgan fingerprint density at radius 1 is 1.15 bits per heavy atom. The lowest BCUT2D eigenvalue weighted by Gasteiger charge is -2.33. The van der Waals surface area contributed by atoms with Crippen molar-refractivity contribution in [2.45, 2.75) is 78.1 Å². The largest absolute Gasteiger partial charge is 0.437 e. The van der Waals surface area contributed by atoms with Crippen molar-refractivity contribution in [1.82, 2.24) is 14.8 Å². The second-order valence-corrected chi connectivity index (χ2v) is 11.4. The molecule has 1 aliphatic carbocycles. The molecule has 3 aromatic rings. The highest BCUT2D eigenvalue weighted by Gasteiger charge is 2.41. The van der Waals surface area contributed by atoms with Crippen LogP contribution >= 0.6 is 11.3 Å². The molecule has 0 bridgehead atoms. The van der Waals surface area contributed by atoms with Gasteiger partial charge >= 0.3 is 6.18 Å². The number of carbonyl (C=O) groups excluding carboxylic acids is 1. The van der Waals surface area contributed by atoms with Crippen molar-refractivity contribution in [3.05, 3.63) is 61.9 Å². The third-order valence-electron chi connectivity index (χ3n) is 7.68. The predicted octanol–water partition coefficient (Wildman–Crippen LogP) is 6.12. The Labute approximate surface area is 229 Å². The van der Waals surface area contributed by atoms with Gasteiger partial charge in [0, 0.05) is 23.9 Å². The SMILES string of the molecule is Cc1cccc(C)c1CON=C1CCCc2sc(C3CCN(c4c(C(F)(F)F)nn(CC=O)c4C)CC3)nc21. The van der Waals surface area contributed by atoms with Crippen molar-refractivity contribution >= 4 is 29.0 Å². The molecule has 3 heterocycles. The molecular weight excluding hydrogens is 527 g/mol. The fourth-order valence-corrected chi connectivity index (χ4v) is 6.82. The van der Waals surface area contributed by atoms with E-state index in [-0.39, 0.29) is 18.2 Å². The van der Waals surface area contributed by atoms with Crippen molar-refractivity contribution < 1.29 is 22.8 Å². The van der Waals surface area contributed by atoms with E-state index < -0.39 is 11.9 Å². The molecule has 2 aliphatic rings. The van der Waals surface area contributed by atoms with Crippen LogP contribution < -0.4 is 4.90 Å². The van der Waals surface area contributed by atoms with E-state index in [0.717, 1.165) is 45.9 Å². The van der Waals surface area contributed by atoms with Gasteiger partial charge in [-0.2, -0.15) is 18.3 Å². The number of alkyl halides is 3. The van der Waals surface area contributed by atoms with Gasteiger partial charge in [-0.3, -0.25) is 4.68 Å². The summed E-state index contributed by atoms with van der Waals surface area (Å²) in [6, 6.07) is 6.17. The molecular formula is C28H32F3N5O2S. The molecule has 0 spiro atoms. The molecule has 0 saturated carbocycles. The third-order valence-corrected chi connectivity index (χ3v) is 8.96. The first kappa shape index (κ1) is 27.4. The summed E-state index contributed by atoms with van der Waals surface area (Å²) in [5.41, 5.74) is 4.80. The van der Waals surface area contributed by atoms with Gasteiger partial charge in [0.1, 0.15) is 24.3 Å². The van der Waals surface area contributed by atoms with Gasteiger partial charge in [-0.25, -0.2) is 4.98 Å². The number of aryl methyl sites for hydroxylation is 3. The predicted molar refractivity (Wildman–Crippen MR) is 145 cm³/mol. The minimum Gasteiger partial charge on any atom is -0.391 e. The van der Waals surface area contributed by atoms with E-state index in [0.29, 0.717) is 44.5 Å². The first-order valence-electron chi connectivity index (χ1n) is 13.2. The molecule has 0 atom stereocenters. The van der Waals surface area contributed by atoms with E-state index in [2.05, 4.69) is 36.2 Å². The number of fused-ring (bicyclic) bond motifs is 1. The van der Waals surface area contributed by atoms with E-state index >= 15 is 0 Å². The topological polar surface area (TPSA) is 72.6 Å². The Kier molecular flexibility index (Phi) is 7.80. The summed E-state index contributed by atoms with van der Waals surface area (Å²) >= 11 is 1.70. The zero-order valence-electron chi connectivity index (χ0n) is 22.3. The van der Waals surface area contributed by atoms with Gasteiger partial charge in [-0.1, -0.05) is 23.4 Å². The lowest BCUT2D eigenvalue weighted by molar-refractivity contribution is -0.141.